The van der Waals surface area contributed by atoms with Gasteiger partial charge in [0.1, 0.15) is 23.8 Å². The van der Waals surface area contributed by atoms with Crippen molar-refractivity contribution in [2.45, 2.75) is 63.5 Å². The van der Waals surface area contributed by atoms with Crippen molar-refractivity contribution in [2.75, 3.05) is 0 Å². The largest absolute Gasteiger partial charge is 0.254 e. The molecule has 2 nitrogen and oxygen atoms in total. The van der Waals surface area contributed by atoms with Crippen LogP contribution in [0.4, 0.5) is 0 Å². The van der Waals surface area contributed by atoms with Gasteiger partial charge in [0, 0.05) is 16.4 Å². The maximum atomic E-state index is 2.29. The molecule has 0 fully saturated rings. The molecule has 142 valence electrons. The van der Waals surface area contributed by atoms with E-state index in [0.29, 0.717) is 17.1 Å². The molecule has 0 saturated carbocycles. The first-order valence-corrected chi connectivity index (χ1v) is 10.7. The number of hydrogen-bond acceptors (Lipinski definition) is 1. The highest BCUT2D eigenvalue weighted by molar-refractivity contribution is 8.00. The Morgan fingerprint density at radius 2 is 1.44 bits per heavy atom. The van der Waals surface area contributed by atoms with Crippen LogP contribution in [0.2, 0.25) is 0 Å². The third-order valence-corrected chi connectivity index (χ3v) is 5.81. The summed E-state index contributed by atoms with van der Waals surface area (Å²) in [7, 11) is 0. The molecule has 3 aromatic rings. The Hall–Kier alpha value is -2.00. The Kier molecular flexibility index (Phi) is 6.11. The molecule has 0 amide bonds. The number of para-hydroxylation sites is 2. The Labute approximate surface area is 168 Å². The van der Waals surface area contributed by atoms with Crippen molar-refractivity contribution in [1.82, 2.24) is 4.57 Å². The SMILES string of the molecule is CC(C)Sc1ccccc1-n1cc[n+](-c2c(C(C)C)cccc2C(C)C)c1. The summed E-state index contributed by atoms with van der Waals surface area (Å²) in [5.41, 5.74) is 5.36. The summed E-state index contributed by atoms with van der Waals surface area (Å²) in [5, 5.41) is 0.558. The quantitative estimate of drug-likeness (QED) is 0.351. The van der Waals surface area contributed by atoms with Crippen molar-refractivity contribution in [1.29, 1.82) is 0 Å². The average Bonchev–Trinajstić information content (AvgIpc) is 3.10. The Morgan fingerprint density at radius 3 is 2.04 bits per heavy atom. The lowest BCUT2D eigenvalue weighted by Gasteiger charge is -2.16. The van der Waals surface area contributed by atoms with E-state index in [4.69, 9.17) is 0 Å². The van der Waals surface area contributed by atoms with Gasteiger partial charge in [0.2, 0.25) is 0 Å². The number of aromatic nitrogens is 2. The maximum absolute atomic E-state index is 2.29. The normalized spacial score (nSPS) is 11.7. The van der Waals surface area contributed by atoms with E-state index in [1.54, 1.807) is 0 Å². The van der Waals surface area contributed by atoms with Crippen molar-refractivity contribution < 1.29 is 4.57 Å². The van der Waals surface area contributed by atoms with E-state index in [1.807, 2.05) is 11.8 Å². The van der Waals surface area contributed by atoms with Gasteiger partial charge < -0.3 is 0 Å². The van der Waals surface area contributed by atoms with Crippen LogP contribution < -0.4 is 4.57 Å². The third-order valence-electron chi connectivity index (χ3n) is 4.74. The fourth-order valence-corrected chi connectivity index (χ4v) is 4.42. The predicted molar refractivity (Wildman–Crippen MR) is 116 cm³/mol. The molecular weight excluding hydrogens is 348 g/mol. The molecular formula is C24H31N2S+. The number of rotatable bonds is 6. The zero-order chi connectivity index (χ0) is 19.6. The van der Waals surface area contributed by atoms with E-state index in [2.05, 4.69) is 112 Å². The summed E-state index contributed by atoms with van der Waals surface area (Å²) < 4.78 is 4.54. The van der Waals surface area contributed by atoms with Crippen molar-refractivity contribution in [3.8, 4) is 11.4 Å². The topological polar surface area (TPSA) is 8.81 Å². The Balaban J connectivity index is 2.11. The Morgan fingerprint density at radius 1 is 0.815 bits per heavy atom. The van der Waals surface area contributed by atoms with Crippen molar-refractivity contribution in [3.63, 3.8) is 0 Å². The lowest BCUT2D eigenvalue weighted by Crippen LogP contribution is -2.31. The fraction of sp³-hybridized carbons (Fsp3) is 0.375. The van der Waals surface area contributed by atoms with Crippen LogP contribution in [0.25, 0.3) is 11.4 Å². The van der Waals surface area contributed by atoms with Gasteiger partial charge in [0.05, 0.1) is 4.90 Å². The first-order valence-electron chi connectivity index (χ1n) is 9.87. The van der Waals surface area contributed by atoms with Crippen LogP contribution in [-0.4, -0.2) is 9.82 Å². The molecule has 0 aliphatic heterocycles. The predicted octanol–water partition coefficient (Wildman–Crippen LogP) is 6.50. The van der Waals surface area contributed by atoms with Crippen LogP contribution in [0.3, 0.4) is 0 Å². The molecule has 0 radical (unpaired) electrons. The highest BCUT2D eigenvalue weighted by Crippen LogP contribution is 2.30. The first-order chi connectivity index (χ1) is 12.9. The zero-order valence-electron chi connectivity index (χ0n) is 17.3. The van der Waals surface area contributed by atoms with E-state index in [9.17, 15) is 0 Å². The number of nitrogens with zero attached hydrogens (tertiary/aromatic N) is 2. The minimum atomic E-state index is 0.485. The van der Waals surface area contributed by atoms with Crippen LogP contribution in [-0.2, 0) is 0 Å². The van der Waals surface area contributed by atoms with Gasteiger partial charge in [-0.05, 0) is 24.0 Å². The molecule has 27 heavy (non-hydrogen) atoms. The van der Waals surface area contributed by atoms with Gasteiger partial charge in [-0.1, -0.05) is 71.9 Å². The van der Waals surface area contributed by atoms with Crippen LogP contribution in [0.15, 0.2) is 66.1 Å². The van der Waals surface area contributed by atoms with Gasteiger partial charge in [0.15, 0.2) is 0 Å². The lowest BCUT2D eigenvalue weighted by atomic mass is 9.92. The van der Waals surface area contributed by atoms with Gasteiger partial charge in [0.25, 0.3) is 6.33 Å². The smallest absolute Gasteiger partial charge is 0.201 e. The standard InChI is InChI=1S/C24H31N2S/c1-17(2)20-10-9-11-21(18(3)4)24(20)26-15-14-25(16-26)22-12-7-8-13-23(22)27-19(5)6/h7-19H,1-6H3/q+1. The second kappa shape index (κ2) is 8.35. The van der Waals surface area contributed by atoms with Crippen molar-refractivity contribution >= 4 is 11.8 Å². The van der Waals surface area contributed by atoms with Gasteiger partial charge >= 0.3 is 0 Å². The summed E-state index contributed by atoms with van der Waals surface area (Å²) in [6.45, 7) is 13.6. The zero-order valence-corrected chi connectivity index (χ0v) is 18.1. The minimum absolute atomic E-state index is 0.485. The molecule has 0 spiro atoms. The molecule has 0 saturated heterocycles. The second-order valence-corrected chi connectivity index (χ2v) is 9.58. The highest BCUT2D eigenvalue weighted by Gasteiger charge is 2.21. The summed E-state index contributed by atoms with van der Waals surface area (Å²) >= 11 is 1.91. The molecule has 1 aromatic heterocycles. The Bertz CT molecular complexity index is 880. The molecule has 2 aromatic carbocycles. The third kappa shape index (κ3) is 4.30. The summed E-state index contributed by atoms with van der Waals surface area (Å²) in [5.74, 6) is 0.969. The van der Waals surface area contributed by atoms with E-state index in [-0.39, 0.29) is 0 Å². The van der Waals surface area contributed by atoms with Crippen molar-refractivity contribution in [2.24, 2.45) is 0 Å². The van der Waals surface area contributed by atoms with Crippen LogP contribution >= 0.6 is 11.8 Å². The number of hydrogen-bond donors (Lipinski definition) is 0. The number of benzene rings is 2. The monoisotopic (exact) mass is 379 g/mol. The van der Waals surface area contributed by atoms with Crippen LogP contribution in [0, 0.1) is 0 Å². The lowest BCUT2D eigenvalue weighted by molar-refractivity contribution is -0.596. The van der Waals surface area contributed by atoms with Gasteiger partial charge in [-0.25, -0.2) is 9.13 Å². The fourth-order valence-electron chi connectivity index (χ4n) is 3.46. The van der Waals surface area contributed by atoms with Gasteiger partial charge in [-0.3, -0.25) is 0 Å². The van der Waals surface area contributed by atoms with Crippen LogP contribution in [0.1, 0.15) is 64.5 Å². The van der Waals surface area contributed by atoms with E-state index < -0.39 is 0 Å². The molecule has 0 unspecified atom stereocenters. The molecule has 0 atom stereocenters. The molecule has 3 heteroatoms. The first kappa shape index (κ1) is 19.8. The van der Waals surface area contributed by atoms with Gasteiger partial charge in [-0.2, -0.15) is 0 Å². The molecule has 3 rings (SSSR count). The van der Waals surface area contributed by atoms with Gasteiger partial charge in [-0.15, -0.1) is 11.8 Å². The summed E-state index contributed by atoms with van der Waals surface area (Å²) in [6.07, 6.45) is 6.57. The molecule has 0 aliphatic carbocycles. The highest BCUT2D eigenvalue weighted by atomic mass is 32.2. The molecule has 1 heterocycles. The minimum Gasteiger partial charge on any atom is -0.201 e. The molecule has 0 aliphatic rings. The van der Waals surface area contributed by atoms with Crippen LogP contribution in [0.5, 0.6) is 0 Å². The average molecular weight is 380 g/mol. The van der Waals surface area contributed by atoms with E-state index in [1.165, 1.54) is 27.4 Å². The molecule has 0 N–H and O–H groups in total. The number of imidazole rings is 1. The second-order valence-electron chi connectivity index (χ2n) is 7.96. The van der Waals surface area contributed by atoms with E-state index >= 15 is 0 Å². The van der Waals surface area contributed by atoms with E-state index in [0.717, 1.165) is 0 Å². The number of thioether (sulfide) groups is 1. The molecule has 0 bridgehead atoms. The summed E-state index contributed by atoms with van der Waals surface area (Å²) in [6, 6.07) is 15.4. The van der Waals surface area contributed by atoms with Crippen molar-refractivity contribution in [3.05, 3.63) is 72.3 Å². The summed E-state index contributed by atoms with van der Waals surface area (Å²) in [4.78, 5) is 1.32. The maximum Gasteiger partial charge on any atom is 0.254 e.